The second-order valence-corrected chi connectivity index (χ2v) is 6.81. The first-order valence-corrected chi connectivity index (χ1v) is 7.98. The van der Waals surface area contributed by atoms with Gasteiger partial charge in [-0.3, -0.25) is 4.72 Å². The van der Waals surface area contributed by atoms with Crippen LogP contribution in [0.15, 0.2) is 35.2 Å². The van der Waals surface area contributed by atoms with Gasteiger partial charge in [0.1, 0.15) is 10.7 Å². The molecule has 0 atom stereocenters. The fraction of sp³-hybridized carbons (Fsp3) is 0.0769. The first-order chi connectivity index (χ1) is 9.70. The van der Waals surface area contributed by atoms with Crippen LogP contribution in [-0.4, -0.2) is 8.42 Å². The maximum absolute atomic E-state index is 13.2. The summed E-state index contributed by atoms with van der Waals surface area (Å²) in [6.45, 7) is 1.64. The van der Waals surface area contributed by atoms with Gasteiger partial charge < -0.3 is 5.73 Å². The van der Waals surface area contributed by atoms with Crippen LogP contribution >= 0.6 is 23.2 Å². The van der Waals surface area contributed by atoms with Gasteiger partial charge in [0.05, 0.1) is 15.7 Å². The van der Waals surface area contributed by atoms with Gasteiger partial charge in [-0.1, -0.05) is 29.3 Å². The van der Waals surface area contributed by atoms with Gasteiger partial charge in [0.2, 0.25) is 0 Å². The van der Waals surface area contributed by atoms with E-state index in [0.29, 0.717) is 5.56 Å². The third-order valence-corrected chi connectivity index (χ3v) is 5.02. The van der Waals surface area contributed by atoms with Gasteiger partial charge in [-0.25, -0.2) is 12.8 Å². The molecule has 2 aromatic rings. The molecule has 0 aliphatic rings. The highest BCUT2D eigenvalue weighted by Crippen LogP contribution is 2.33. The first-order valence-electron chi connectivity index (χ1n) is 5.74. The number of sulfonamides is 1. The van der Waals surface area contributed by atoms with Crippen LogP contribution in [0.2, 0.25) is 10.0 Å². The van der Waals surface area contributed by atoms with E-state index < -0.39 is 15.8 Å². The number of hydrogen-bond donors (Lipinski definition) is 2. The van der Waals surface area contributed by atoms with E-state index >= 15 is 0 Å². The minimum atomic E-state index is -4.07. The summed E-state index contributed by atoms with van der Waals surface area (Å²) in [4.78, 5) is -0.302. The second kappa shape index (κ2) is 5.71. The van der Waals surface area contributed by atoms with E-state index in [0.717, 1.165) is 6.07 Å². The summed E-state index contributed by atoms with van der Waals surface area (Å²) in [5.74, 6) is -0.562. The van der Waals surface area contributed by atoms with Crippen LogP contribution in [0.5, 0.6) is 0 Å². The molecule has 0 heterocycles. The van der Waals surface area contributed by atoms with Crippen LogP contribution in [0.4, 0.5) is 15.8 Å². The molecule has 0 aliphatic carbocycles. The molecule has 0 aliphatic heterocycles. The summed E-state index contributed by atoms with van der Waals surface area (Å²) in [5.41, 5.74) is 6.44. The van der Waals surface area contributed by atoms with Gasteiger partial charge in [-0.15, -0.1) is 0 Å². The Kier molecular flexibility index (Phi) is 4.32. The van der Waals surface area contributed by atoms with Crippen molar-refractivity contribution in [1.82, 2.24) is 0 Å². The molecule has 3 N–H and O–H groups in total. The van der Waals surface area contributed by atoms with Crippen molar-refractivity contribution in [2.24, 2.45) is 0 Å². The molecule has 112 valence electrons. The van der Waals surface area contributed by atoms with Crippen LogP contribution < -0.4 is 10.5 Å². The molecule has 0 saturated heterocycles. The number of halogens is 3. The highest BCUT2D eigenvalue weighted by atomic mass is 35.5. The molecular weight excluding hydrogens is 338 g/mol. The number of nitrogens with one attached hydrogen (secondary N) is 1. The Morgan fingerprint density at radius 1 is 1.14 bits per heavy atom. The van der Waals surface area contributed by atoms with Crippen LogP contribution in [0.3, 0.4) is 0 Å². The predicted molar refractivity (Wildman–Crippen MR) is 82.8 cm³/mol. The van der Waals surface area contributed by atoms with Crippen molar-refractivity contribution in [1.29, 1.82) is 0 Å². The maximum Gasteiger partial charge on any atom is 0.264 e. The zero-order valence-corrected chi connectivity index (χ0v) is 13.2. The lowest BCUT2D eigenvalue weighted by Crippen LogP contribution is -2.15. The molecule has 0 spiro atoms. The number of benzene rings is 2. The van der Waals surface area contributed by atoms with Crippen LogP contribution in [-0.2, 0) is 10.0 Å². The molecule has 2 rings (SSSR count). The number of anilines is 2. The Bertz CT molecular complexity index is 787. The van der Waals surface area contributed by atoms with Gasteiger partial charge in [-0.05, 0) is 36.8 Å². The summed E-state index contributed by atoms with van der Waals surface area (Å²) < 4.78 is 40.2. The van der Waals surface area contributed by atoms with E-state index in [1.165, 1.54) is 24.3 Å². The molecular formula is C13H11Cl2FN2O2S. The minimum Gasteiger partial charge on any atom is -0.399 e. The Morgan fingerprint density at radius 2 is 1.71 bits per heavy atom. The van der Waals surface area contributed by atoms with Gasteiger partial charge in [-0.2, -0.15) is 0 Å². The minimum absolute atomic E-state index is 0.110. The monoisotopic (exact) mass is 348 g/mol. The lowest BCUT2D eigenvalue weighted by atomic mass is 10.2. The Balaban J connectivity index is 2.51. The molecule has 0 saturated carbocycles. The maximum atomic E-state index is 13.2. The Labute approximate surface area is 131 Å². The molecule has 0 radical (unpaired) electrons. The summed E-state index contributed by atoms with van der Waals surface area (Å²) >= 11 is 11.8. The van der Waals surface area contributed by atoms with Crippen molar-refractivity contribution in [3.8, 4) is 0 Å². The van der Waals surface area contributed by atoms with Crippen molar-refractivity contribution in [2.45, 2.75) is 11.8 Å². The van der Waals surface area contributed by atoms with Crippen molar-refractivity contribution in [3.05, 3.63) is 51.8 Å². The van der Waals surface area contributed by atoms with Gasteiger partial charge >= 0.3 is 0 Å². The van der Waals surface area contributed by atoms with Crippen molar-refractivity contribution < 1.29 is 12.8 Å². The SMILES string of the molecule is Cc1ccc(F)cc1NS(=O)(=O)c1c(Cl)cc(N)cc1Cl. The molecule has 0 aromatic heterocycles. The molecule has 4 nitrogen and oxygen atoms in total. The summed E-state index contributed by atoms with van der Waals surface area (Å²) in [6, 6.07) is 6.32. The first kappa shape index (κ1) is 15.9. The zero-order valence-electron chi connectivity index (χ0n) is 10.8. The van der Waals surface area contributed by atoms with Crippen LogP contribution in [0.1, 0.15) is 5.56 Å². The van der Waals surface area contributed by atoms with Crippen molar-refractivity contribution in [3.63, 3.8) is 0 Å². The van der Waals surface area contributed by atoms with E-state index in [4.69, 9.17) is 28.9 Å². The molecule has 0 unspecified atom stereocenters. The fourth-order valence-corrected chi connectivity index (χ4v) is 4.09. The van der Waals surface area contributed by atoms with E-state index in [2.05, 4.69) is 4.72 Å². The van der Waals surface area contributed by atoms with E-state index in [1.54, 1.807) is 6.92 Å². The predicted octanol–water partition coefficient (Wildman–Crippen LogP) is 3.82. The lowest BCUT2D eigenvalue weighted by molar-refractivity contribution is 0.601. The standard InChI is InChI=1S/C13H11Cl2FN2O2S/c1-7-2-3-8(16)4-12(7)18-21(19,20)13-10(14)5-9(17)6-11(13)15/h2-6,18H,17H2,1H3. The molecule has 21 heavy (non-hydrogen) atoms. The van der Waals surface area contributed by atoms with Crippen molar-refractivity contribution >= 4 is 44.6 Å². The topological polar surface area (TPSA) is 72.2 Å². The number of hydrogen-bond acceptors (Lipinski definition) is 3. The molecule has 2 aromatic carbocycles. The summed E-state index contributed by atoms with van der Waals surface area (Å²) in [5, 5.41) is -0.219. The number of aryl methyl sites for hydroxylation is 1. The normalized spacial score (nSPS) is 11.4. The quantitative estimate of drug-likeness (QED) is 0.828. The lowest BCUT2D eigenvalue weighted by Gasteiger charge is -2.13. The Morgan fingerprint density at radius 3 is 2.29 bits per heavy atom. The number of nitrogen functional groups attached to an aromatic ring is 1. The van der Waals surface area contributed by atoms with Gasteiger partial charge in [0.25, 0.3) is 10.0 Å². The van der Waals surface area contributed by atoms with Crippen LogP contribution in [0, 0.1) is 12.7 Å². The molecule has 8 heteroatoms. The largest absolute Gasteiger partial charge is 0.399 e. The average Bonchev–Trinajstić information content (AvgIpc) is 2.31. The molecule has 0 fully saturated rings. The third-order valence-electron chi connectivity index (χ3n) is 2.73. The summed E-state index contributed by atoms with van der Waals surface area (Å²) in [6.07, 6.45) is 0. The van der Waals surface area contributed by atoms with Crippen molar-refractivity contribution in [2.75, 3.05) is 10.5 Å². The number of rotatable bonds is 3. The Hall–Kier alpha value is -1.50. The van der Waals surface area contributed by atoms with E-state index in [9.17, 15) is 12.8 Å². The van der Waals surface area contributed by atoms with E-state index in [-0.39, 0.29) is 26.3 Å². The highest BCUT2D eigenvalue weighted by Gasteiger charge is 2.23. The third kappa shape index (κ3) is 3.40. The second-order valence-electron chi connectivity index (χ2n) is 4.38. The van der Waals surface area contributed by atoms with E-state index in [1.807, 2.05) is 0 Å². The zero-order chi connectivity index (χ0) is 15.8. The van der Waals surface area contributed by atoms with Gasteiger partial charge in [0, 0.05) is 5.69 Å². The number of nitrogens with two attached hydrogens (primary N) is 1. The molecule has 0 bridgehead atoms. The highest BCUT2D eigenvalue weighted by molar-refractivity contribution is 7.93. The summed E-state index contributed by atoms with van der Waals surface area (Å²) in [7, 11) is -4.07. The van der Waals surface area contributed by atoms with Crippen LogP contribution in [0.25, 0.3) is 0 Å². The van der Waals surface area contributed by atoms with Gasteiger partial charge in [0.15, 0.2) is 0 Å². The molecule has 0 amide bonds. The fourth-order valence-electron chi connectivity index (χ4n) is 1.74. The average molecular weight is 349 g/mol. The smallest absolute Gasteiger partial charge is 0.264 e.